The largest absolute Gasteiger partial charge is 0.321 e. The van der Waals surface area contributed by atoms with Gasteiger partial charge < -0.3 is 5.73 Å². The van der Waals surface area contributed by atoms with Gasteiger partial charge in [0.2, 0.25) is 0 Å². The van der Waals surface area contributed by atoms with Gasteiger partial charge in [-0.05, 0) is 36.5 Å². The molecule has 0 amide bonds. The van der Waals surface area contributed by atoms with Gasteiger partial charge in [0.25, 0.3) is 0 Å². The molecule has 2 heteroatoms. The van der Waals surface area contributed by atoms with Gasteiger partial charge in [0.05, 0.1) is 0 Å². The predicted octanol–water partition coefficient (Wildman–Crippen LogP) is 3.42. The molecule has 0 spiro atoms. The van der Waals surface area contributed by atoms with E-state index in [4.69, 9.17) is 5.73 Å². The molecule has 1 saturated carbocycles. The summed E-state index contributed by atoms with van der Waals surface area (Å²) in [5, 5.41) is 0. The van der Waals surface area contributed by atoms with Crippen LogP contribution in [0.5, 0.6) is 0 Å². The topological polar surface area (TPSA) is 26.0 Å². The maximum Gasteiger partial charge on any atom is 0.0415 e. The van der Waals surface area contributed by atoms with E-state index < -0.39 is 0 Å². The molecule has 0 aromatic heterocycles. The second kappa shape index (κ2) is 3.67. The van der Waals surface area contributed by atoms with E-state index in [9.17, 15) is 0 Å². The van der Waals surface area contributed by atoms with Crippen molar-refractivity contribution in [2.24, 2.45) is 11.7 Å². The van der Waals surface area contributed by atoms with Crippen LogP contribution in [0, 0.1) is 5.92 Å². The summed E-state index contributed by atoms with van der Waals surface area (Å²) in [6.07, 6.45) is 3.55. The average molecular weight is 254 g/mol. The summed E-state index contributed by atoms with van der Waals surface area (Å²) in [4.78, 5) is 0. The van der Waals surface area contributed by atoms with E-state index in [1.54, 1.807) is 0 Å². The molecule has 1 aliphatic carbocycles. The van der Waals surface area contributed by atoms with E-state index >= 15 is 0 Å². The van der Waals surface area contributed by atoms with Gasteiger partial charge in [0, 0.05) is 10.0 Å². The van der Waals surface area contributed by atoms with Crippen molar-refractivity contribution in [1.29, 1.82) is 0 Å². The fraction of sp³-hybridized carbons (Fsp3) is 0.500. The number of hydrogen-bond donors (Lipinski definition) is 1. The summed E-state index contributed by atoms with van der Waals surface area (Å²) in [5.41, 5.74) is 7.57. The van der Waals surface area contributed by atoms with Gasteiger partial charge in [0.1, 0.15) is 0 Å². The van der Waals surface area contributed by atoms with Gasteiger partial charge >= 0.3 is 0 Å². The molecule has 0 aliphatic heterocycles. The molecular formula is C12H16BrN. The van der Waals surface area contributed by atoms with Crippen LogP contribution in [-0.4, -0.2) is 0 Å². The normalized spacial score (nSPS) is 31.2. The lowest BCUT2D eigenvalue weighted by Crippen LogP contribution is -2.48. The summed E-state index contributed by atoms with van der Waals surface area (Å²) < 4.78 is 1.12. The number of nitrogens with two attached hydrogens (primary N) is 1. The Morgan fingerprint density at radius 2 is 1.93 bits per heavy atom. The molecule has 0 bridgehead atoms. The predicted molar refractivity (Wildman–Crippen MR) is 63.0 cm³/mol. The molecule has 0 atom stereocenters. The van der Waals surface area contributed by atoms with Crippen molar-refractivity contribution in [2.75, 3.05) is 0 Å². The van der Waals surface area contributed by atoms with Crippen LogP contribution in [0.15, 0.2) is 28.7 Å². The molecular weight excluding hydrogens is 238 g/mol. The van der Waals surface area contributed by atoms with Crippen LogP contribution in [0.2, 0.25) is 0 Å². The first-order valence-corrected chi connectivity index (χ1v) is 5.98. The van der Waals surface area contributed by atoms with Gasteiger partial charge in [-0.2, -0.15) is 0 Å². The highest BCUT2D eigenvalue weighted by atomic mass is 79.9. The summed E-state index contributed by atoms with van der Waals surface area (Å²) in [6.45, 7) is 2.24. The van der Waals surface area contributed by atoms with Crippen LogP contribution in [0.1, 0.15) is 31.7 Å². The molecule has 2 N–H and O–H groups in total. The molecule has 14 heavy (non-hydrogen) atoms. The Balaban J connectivity index is 2.13. The molecule has 1 fully saturated rings. The molecule has 76 valence electrons. The van der Waals surface area contributed by atoms with Crippen LogP contribution < -0.4 is 5.73 Å². The third kappa shape index (κ3) is 1.73. The zero-order valence-electron chi connectivity index (χ0n) is 8.46. The minimum Gasteiger partial charge on any atom is -0.321 e. The first kappa shape index (κ1) is 10.2. The quantitative estimate of drug-likeness (QED) is 0.859. The van der Waals surface area contributed by atoms with Gasteiger partial charge in [-0.1, -0.05) is 41.4 Å². The van der Waals surface area contributed by atoms with Gasteiger partial charge in [-0.15, -0.1) is 0 Å². The molecule has 2 rings (SSSR count). The van der Waals surface area contributed by atoms with Crippen molar-refractivity contribution in [2.45, 2.75) is 31.7 Å². The lowest BCUT2D eigenvalue weighted by Gasteiger charge is -2.45. The Labute approximate surface area is 93.8 Å². The monoisotopic (exact) mass is 253 g/mol. The Morgan fingerprint density at radius 1 is 1.36 bits per heavy atom. The van der Waals surface area contributed by atoms with Crippen LogP contribution in [-0.2, 0) is 5.54 Å². The number of halogens is 1. The summed E-state index contributed by atoms with van der Waals surface area (Å²) in [7, 11) is 0. The Morgan fingerprint density at radius 3 is 2.43 bits per heavy atom. The van der Waals surface area contributed by atoms with E-state index in [0.717, 1.165) is 23.2 Å². The molecule has 1 aromatic carbocycles. The molecule has 0 radical (unpaired) electrons. The maximum atomic E-state index is 6.32. The van der Waals surface area contributed by atoms with Crippen molar-refractivity contribution in [3.05, 3.63) is 34.3 Å². The van der Waals surface area contributed by atoms with E-state index in [1.807, 2.05) is 0 Å². The third-order valence-corrected chi connectivity index (χ3v) is 3.83. The molecule has 0 unspecified atom stereocenters. The van der Waals surface area contributed by atoms with Crippen molar-refractivity contribution in [1.82, 2.24) is 0 Å². The summed E-state index contributed by atoms with van der Waals surface area (Å²) >= 11 is 3.44. The van der Waals surface area contributed by atoms with Gasteiger partial charge in [-0.25, -0.2) is 0 Å². The second-order valence-corrected chi connectivity index (χ2v) is 5.26. The Kier molecular flexibility index (Phi) is 2.67. The van der Waals surface area contributed by atoms with Crippen LogP contribution in [0.3, 0.4) is 0 Å². The Bertz CT molecular complexity index is 312. The fourth-order valence-electron chi connectivity index (χ4n) is 2.28. The fourth-order valence-corrected chi connectivity index (χ4v) is 2.54. The minimum atomic E-state index is -0.0403. The highest BCUT2D eigenvalue weighted by molar-refractivity contribution is 9.10. The highest BCUT2D eigenvalue weighted by Crippen LogP contribution is 2.44. The van der Waals surface area contributed by atoms with Crippen LogP contribution >= 0.6 is 15.9 Å². The number of hydrogen-bond acceptors (Lipinski definition) is 1. The van der Waals surface area contributed by atoms with E-state index in [2.05, 4.69) is 47.1 Å². The van der Waals surface area contributed by atoms with Crippen molar-refractivity contribution in [3.63, 3.8) is 0 Å². The van der Waals surface area contributed by atoms with E-state index in [-0.39, 0.29) is 5.54 Å². The van der Waals surface area contributed by atoms with Crippen molar-refractivity contribution >= 4 is 15.9 Å². The molecule has 0 saturated heterocycles. The Hall–Kier alpha value is -0.340. The lowest BCUT2D eigenvalue weighted by atomic mass is 9.64. The maximum absolute atomic E-state index is 6.32. The van der Waals surface area contributed by atoms with Gasteiger partial charge in [0.15, 0.2) is 0 Å². The lowest BCUT2D eigenvalue weighted by molar-refractivity contribution is 0.143. The first-order chi connectivity index (χ1) is 6.64. The SMILES string of the molecule is CCC1CC(N)(c2ccc(Br)cc2)C1. The molecule has 1 aromatic rings. The van der Waals surface area contributed by atoms with E-state index in [1.165, 1.54) is 12.0 Å². The summed E-state index contributed by atoms with van der Waals surface area (Å²) in [6, 6.07) is 8.42. The average Bonchev–Trinajstić information content (AvgIpc) is 2.14. The highest BCUT2D eigenvalue weighted by Gasteiger charge is 2.40. The van der Waals surface area contributed by atoms with Gasteiger partial charge in [-0.3, -0.25) is 0 Å². The summed E-state index contributed by atoms with van der Waals surface area (Å²) in [5.74, 6) is 0.837. The minimum absolute atomic E-state index is 0.0403. The van der Waals surface area contributed by atoms with E-state index in [0.29, 0.717) is 0 Å². The zero-order chi connectivity index (χ0) is 10.2. The van der Waals surface area contributed by atoms with Crippen LogP contribution in [0.4, 0.5) is 0 Å². The smallest absolute Gasteiger partial charge is 0.0415 e. The molecule has 1 aliphatic rings. The number of benzene rings is 1. The van der Waals surface area contributed by atoms with Crippen molar-refractivity contribution < 1.29 is 0 Å². The number of rotatable bonds is 2. The van der Waals surface area contributed by atoms with Crippen LogP contribution in [0.25, 0.3) is 0 Å². The third-order valence-electron chi connectivity index (χ3n) is 3.30. The first-order valence-electron chi connectivity index (χ1n) is 5.19. The standard InChI is InChI=1S/C12H16BrN/c1-2-9-7-12(14,8-9)10-3-5-11(13)6-4-10/h3-6,9H,2,7-8,14H2,1H3. The molecule has 0 heterocycles. The van der Waals surface area contributed by atoms with Crippen molar-refractivity contribution in [3.8, 4) is 0 Å². The molecule has 1 nitrogen and oxygen atoms in total. The zero-order valence-corrected chi connectivity index (χ0v) is 10.0. The second-order valence-electron chi connectivity index (χ2n) is 4.35.